The smallest absolute Gasteiger partial charge is 0.414 e. The first-order valence-corrected chi connectivity index (χ1v) is 5.88. The highest BCUT2D eigenvalue weighted by atomic mass is 16.6. The van der Waals surface area contributed by atoms with Gasteiger partial charge in [0, 0.05) is 11.3 Å². The number of cyclic esters (lactones) is 1. The van der Waals surface area contributed by atoms with Crippen LogP contribution in [0.15, 0.2) is 24.3 Å². The number of nitrogens with one attached hydrogen (secondary N) is 1. The molecular weight excluding hydrogens is 248 g/mol. The van der Waals surface area contributed by atoms with E-state index in [1.54, 1.807) is 24.3 Å². The number of carbonyl (C=O) groups excluding carboxylic acids is 3. The summed E-state index contributed by atoms with van der Waals surface area (Å²) in [6, 6.07) is 6.74. The largest absolute Gasteiger partial charge is 0.442 e. The van der Waals surface area contributed by atoms with Gasteiger partial charge in [-0.05, 0) is 31.2 Å². The Balaban J connectivity index is 2.07. The van der Waals surface area contributed by atoms with Crippen molar-refractivity contribution in [3.8, 4) is 0 Å². The van der Waals surface area contributed by atoms with E-state index in [0.29, 0.717) is 24.2 Å². The van der Waals surface area contributed by atoms with Crippen LogP contribution in [0.4, 0.5) is 10.5 Å². The van der Waals surface area contributed by atoms with Crippen molar-refractivity contribution < 1.29 is 19.1 Å². The number of anilines is 1. The zero-order valence-corrected chi connectivity index (χ0v) is 10.5. The van der Waals surface area contributed by atoms with Gasteiger partial charge in [-0.15, -0.1) is 0 Å². The van der Waals surface area contributed by atoms with Gasteiger partial charge in [-0.25, -0.2) is 4.79 Å². The van der Waals surface area contributed by atoms with E-state index in [0.717, 1.165) is 0 Å². The Hall–Kier alpha value is -2.37. The maximum atomic E-state index is 11.7. The van der Waals surface area contributed by atoms with E-state index < -0.39 is 6.09 Å². The summed E-state index contributed by atoms with van der Waals surface area (Å²) in [7, 11) is 0. The predicted octanol–water partition coefficient (Wildman–Crippen LogP) is 0.960. The Bertz CT molecular complexity index is 498. The van der Waals surface area contributed by atoms with Gasteiger partial charge in [0.15, 0.2) is 5.78 Å². The molecule has 1 fully saturated rings. The van der Waals surface area contributed by atoms with Crippen molar-refractivity contribution in [2.24, 2.45) is 0 Å². The van der Waals surface area contributed by atoms with Crippen molar-refractivity contribution in [3.63, 3.8) is 0 Å². The van der Waals surface area contributed by atoms with Crippen LogP contribution in [0.5, 0.6) is 0 Å². The Morgan fingerprint density at radius 3 is 2.74 bits per heavy atom. The molecule has 1 heterocycles. The van der Waals surface area contributed by atoms with E-state index in [9.17, 15) is 14.4 Å². The molecule has 0 saturated carbocycles. The second-order valence-corrected chi connectivity index (χ2v) is 4.25. The van der Waals surface area contributed by atoms with E-state index in [1.807, 2.05) is 0 Å². The topological polar surface area (TPSA) is 75.7 Å². The van der Waals surface area contributed by atoms with Crippen molar-refractivity contribution in [2.45, 2.75) is 13.0 Å². The van der Waals surface area contributed by atoms with Crippen LogP contribution in [0, 0.1) is 0 Å². The van der Waals surface area contributed by atoms with Crippen LogP contribution in [0.2, 0.25) is 0 Å². The Kier molecular flexibility index (Phi) is 3.79. The van der Waals surface area contributed by atoms with Crippen molar-refractivity contribution in [3.05, 3.63) is 29.8 Å². The van der Waals surface area contributed by atoms with E-state index in [1.165, 1.54) is 11.8 Å². The minimum Gasteiger partial charge on any atom is -0.442 e. The van der Waals surface area contributed by atoms with Gasteiger partial charge in [0.2, 0.25) is 6.41 Å². The summed E-state index contributed by atoms with van der Waals surface area (Å²) in [4.78, 5) is 34.5. The fourth-order valence-corrected chi connectivity index (χ4v) is 1.89. The predicted molar refractivity (Wildman–Crippen MR) is 68.1 cm³/mol. The third-order valence-corrected chi connectivity index (χ3v) is 2.89. The second-order valence-electron chi connectivity index (χ2n) is 4.25. The Morgan fingerprint density at radius 2 is 2.16 bits per heavy atom. The van der Waals surface area contributed by atoms with Crippen molar-refractivity contribution in [1.82, 2.24) is 5.32 Å². The molecule has 100 valence electrons. The monoisotopic (exact) mass is 262 g/mol. The lowest BCUT2D eigenvalue weighted by Gasteiger charge is -2.13. The maximum absolute atomic E-state index is 11.7. The number of nitrogens with zero attached hydrogens (tertiary/aromatic N) is 1. The zero-order chi connectivity index (χ0) is 13.8. The SMILES string of the molecule is CC(=O)c1ccc(N2C[C@H](CNC=O)OC2=O)cc1. The summed E-state index contributed by atoms with van der Waals surface area (Å²) in [5.74, 6) is -0.0244. The molecule has 1 N–H and O–H groups in total. The number of amides is 2. The molecule has 1 aromatic rings. The summed E-state index contributed by atoms with van der Waals surface area (Å²) in [5.41, 5.74) is 1.26. The van der Waals surface area contributed by atoms with Crippen LogP contribution in [-0.4, -0.2) is 37.5 Å². The highest BCUT2D eigenvalue weighted by Crippen LogP contribution is 2.21. The summed E-state index contributed by atoms with van der Waals surface area (Å²) >= 11 is 0. The van der Waals surface area contributed by atoms with E-state index in [4.69, 9.17) is 4.74 Å². The average molecular weight is 262 g/mol. The molecule has 19 heavy (non-hydrogen) atoms. The van der Waals surface area contributed by atoms with E-state index >= 15 is 0 Å². The molecule has 1 atom stereocenters. The number of carbonyl (C=O) groups is 3. The van der Waals surface area contributed by atoms with Crippen molar-refractivity contribution in [1.29, 1.82) is 0 Å². The van der Waals surface area contributed by atoms with Crippen LogP contribution in [0.25, 0.3) is 0 Å². The third kappa shape index (κ3) is 2.90. The standard InChI is InChI=1S/C13H14N2O4/c1-9(17)10-2-4-11(5-3-10)15-7-12(6-14-8-16)19-13(15)18/h2-5,8,12H,6-7H2,1H3,(H,14,16)/t12-/m0/s1. The first-order valence-electron chi connectivity index (χ1n) is 5.88. The summed E-state index contributed by atoms with van der Waals surface area (Å²) in [6.45, 7) is 2.15. The number of rotatable bonds is 5. The first-order chi connectivity index (χ1) is 9.11. The van der Waals surface area contributed by atoms with Gasteiger partial charge in [0.25, 0.3) is 0 Å². The van der Waals surface area contributed by atoms with Crippen LogP contribution in [-0.2, 0) is 9.53 Å². The summed E-state index contributed by atoms with van der Waals surface area (Å²) < 4.78 is 5.11. The molecule has 0 unspecified atom stereocenters. The average Bonchev–Trinajstić information content (AvgIpc) is 2.77. The molecular formula is C13H14N2O4. The van der Waals surface area contributed by atoms with Crippen LogP contribution < -0.4 is 10.2 Å². The van der Waals surface area contributed by atoms with Crippen molar-refractivity contribution >= 4 is 24.0 Å². The van der Waals surface area contributed by atoms with Gasteiger partial charge in [0.05, 0.1) is 13.1 Å². The molecule has 0 spiro atoms. The lowest BCUT2D eigenvalue weighted by Crippen LogP contribution is -2.30. The Morgan fingerprint density at radius 1 is 1.47 bits per heavy atom. The van der Waals surface area contributed by atoms with E-state index in [2.05, 4.69) is 5.32 Å². The molecule has 1 aromatic carbocycles. The number of ether oxygens (including phenoxy) is 1. The van der Waals surface area contributed by atoms with Crippen LogP contribution in [0.3, 0.4) is 0 Å². The third-order valence-electron chi connectivity index (χ3n) is 2.89. The molecule has 2 rings (SSSR count). The van der Waals surface area contributed by atoms with Crippen molar-refractivity contribution in [2.75, 3.05) is 18.0 Å². The highest BCUT2D eigenvalue weighted by molar-refractivity contribution is 5.95. The summed E-state index contributed by atoms with van der Waals surface area (Å²) in [6.07, 6.45) is -0.239. The van der Waals surface area contributed by atoms with Gasteiger partial charge in [-0.3, -0.25) is 14.5 Å². The van der Waals surface area contributed by atoms with Gasteiger partial charge in [-0.1, -0.05) is 0 Å². The van der Waals surface area contributed by atoms with Gasteiger partial charge in [-0.2, -0.15) is 0 Å². The molecule has 1 aliphatic heterocycles. The lowest BCUT2D eigenvalue weighted by molar-refractivity contribution is -0.109. The molecule has 0 aromatic heterocycles. The van der Waals surface area contributed by atoms with E-state index in [-0.39, 0.29) is 18.4 Å². The molecule has 1 saturated heterocycles. The van der Waals surface area contributed by atoms with Gasteiger partial charge in [0.1, 0.15) is 6.10 Å². The molecule has 6 heteroatoms. The fourth-order valence-electron chi connectivity index (χ4n) is 1.89. The lowest BCUT2D eigenvalue weighted by atomic mass is 10.1. The maximum Gasteiger partial charge on any atom is 0.414 e. The minimum atomic E-state index is -0.451. The molecule has 0 radical (unpaired) electrons. The van der Waals surface area contributed by atoms with Gasteiger partial charge < -0.3 is 10.1 Å². The molecule has 0 bridgehead atoms. The zero-order valence-electron chi connectivity index (χ0n) is 10.5. The number of hydrogen-bond donors (Lipinski definition) is 1. The molecule has 0 aliphatic carbocycles. The van der Waals surface area contributed by atoms with Crippen LogP contribution >= 0.6 is 0 Å². The fraction of sp³-hybridized carbons (Fsp3) is 0.308. The molecule has 2 amide bonds. The minimum absolute atomic E-state index is 0.0244. The number of hydrogen-bond acceptors (Lipinski definition) is 4. The van der Waals surface area contributed by atoms with Crippen LogP contribution in [0.1, 0.15) is 17.3 Å². The summed E-state index contributed by atoms with van der Waals surface area (Å²) in [5, 5.41) is 2.48. The normalized spacial score (nSPS) is 18.1. The molecule has 1 aliphatic rings. The Labute approximate surface area is 110 Å². The van der Waals surface area contributed by atoms with Gasteiger partial charge >= 0.3 is 6.09 Å². The number of benzene rings is 1. The number of Topliss-reactive ketones (excluding diaryl/α,β-unsaturated/α-hetero) is 1. The highest BCUT2D eigenvalue weighted by Gasteiger charge is 2.31. The molecule has 6 nitrogen and oxygen atoms in total. The second kappa shape index (κ2) is 5.51. The first kappa shape index (κ1) is 13.1. The number of ketones is 1. The quantitative estimate of drug-likeness (QED) is 0.633.